The van der Waals surface area contributed by atoms with Crippen molar-refractivity contribution >= 4 is 41.3 Å². The molecule has 1 aliphatic heterocycles. The van der Waals surface area contributed by atoms with Gasteiger partial charge in [-0.3, -0.25) is 25.0 Å². The average molecular weight is 517 g/mol. The van der Waals surface area contributed by atoms with Crippen molar-refractivity contribution in [2.45, 2.75) is 6.61 Å². The summed E-state index contributed by atoms with van der Waals surface area (Å²) in [5.74, 6) is -2.18. The van der Waals surface area contributed by atoms with Crippen molar-refractivity contribution in [3.05, 3.63) is 99.1 Å². The smallest absolute Gasteiger partial charge is 0.335 e. The molecule has 1 heterocycles. The highest BCUT2D eigenvalue weighted by atomic mass is 16.6. The van der Waals surface area contributed by atoms with Crippen LogP contribution in [-0.4, -0.2) is 41.0 Å². The van der Waals surface area contributed by atoms with Crippen LogP contribution in [0.5, 0.6) is 11.5 Å². The van der Waals surface area contributed by atoms with Crippen LogP contribution in [0.4, 0.5) is 16.2 Å². The molecule has 0 atom stereocenters. The fraction of sp³-hybridized carbons (Fsp3) is 0.0769. The Bertz CT molecular complexity index is 1480. The van der Waals surface area contributed by atoms with Gasteiger partial charge in [0.15, 0.2) is 11.5 Å². The molecule has 12 nitrogen and oxygen atoms in total. The molecule has 4 amide bonds. The summed E-state index contributed by atoms with van der Waals surface area (Å²) in [5.41, 5.74) is 0.766. The van der Waals surface area contributed by atoms with Gasteiger partial charge in [0.1, 0.15) is 12.2 Å². The number of nitrogens with one attached hydrogen (secondary N) is 1. The second-order valence-corrected chi connectivity index (χ2v) is 7.93. The number of non-ortho nitro benzene ring substituents is 1. The molecule has 1 aliphatic rings. The molecular weight excluding hydrogens is 498 g/mol. The van der Waals surface area contributed by atoms with Crippen LogP contribution in [0.1, 0.15) is 21.5 Å². The lowest BCUT2D eigenvalue weighted by Gasteiger charge is -2.26. The van der Waals surface area contributed by atoms with Crippen LogP contribution in [0.3, 0.4) is 0 Å². The Labute approximate surface area is 214 Å². The van der Waals surface area contributed by atoms with Crippen molar-refractivity contribution in [1.29, 1.82) is 0 Å². The van der Waals surface area contributed by atoms with Crippen molar-refractivity contribution < 1.29 is 38.7 Å². The third-order valence-corrected chi connectivity index (χ3v) is 5.51. The number of nitrogens with zero attached hydrogens (tertiary/aromatic N) is 2. The minimum Gasteiger partial charge on any atom is -0.493 e. The van der Waals surface area contributed by atoms with Gasteiger partial charge >= 0.3 is 12.0 Å². The Morgan fingerprint density at radius 1 is 1.03 bits per heavy atom. The molecular formula is C26H19N3O9. The van der Waals surface area contributed by atoms with E-state index in [0.717, 1.165) is 17.7 Å². The summed E-state index contributed by atoms with van der Waals surface area (Å²) in [6.07, 6.45) is 1.28. The normalized spacial score (nSPS) is 14.3. The summed E-state index contributed by atoms with van der Waals surface area (Å²) in [5, 5.41) is 22.0. The van der Waals surface area contributed by atoms with Crippen molar-refractivity contribution in [3.63, 3.8) is 0 Å². The Kier molecular flexibility index (Phi) is 7.15. The van der Waals surface area contributed by atoms with Gasteiger partial charge in [0.2, 0.25) is 0 Å². The number of anilines is 1. The van der Waals surface area contributed by atoms with Crippen molar-refractivity contribution in [1.82, 2.24) is 5.32 Å². The average Bonchev–Trinajstić information content (AvgIpc) is 2.90. The first-order chi connectivity index (χ1) is 18.2. The van der Waals surface area contributed by atoms with E-state index in [1.807, 2.05) is 0 Å². The van der Waals surface area contributed by atoms with E-state index in [0.29, 0.717) is 22.0 Å². The zero-order valence-corrected chi connectivity index (χ0v) is 19.7. The molecule has 1 saturated heterocycles. The zero-order chi connectivity index (χ0) is 27.4. The van der Waals surface area contributed by atoms with E-state index >= 15 is 0 Å². The number of carboxylic acid groups (broad SMARTS) is 1. The zero-order valence-electron chi connectivity index (χ0n) is 19.7. The number of hydrogen-bond donors (Lipinski definition) is 2. The number of nitro benzene ring substituents is 1. The number of urea groups is 1. The lowest BCUT2D eigenvalue weighted by Crippen LogP contribution is -2.54. The van der Waals surface area contributed by atoms with E-state index < -0.39 is 28.7 Å². The van der Waals surface area contributed by atoms with Gasteiger partial charge in [0.05, 0.1) is 23.3 Å². The summed E-state index contributed by atoms with van der Waals surface area (Å²) in [4.78, 5) is 59.9. The highest BCUT2D eigenvalue weighted by Crippen LogP contribution is 2.31. The molecule has 0 radical (unpaired) electrons. The number of rotatable bonds is 8. The molecule has 12 heteroatoms. The van der Waals surface area contributed by atoms with E-state index in [1.165, 1.54) is 43.5 Å². The van der Waals surface area contributed by atoms with Crippen LogP contribution in [0.2, 0.25) is 0 Å². The summed E-state index contributed by atoms with van der Waals surface area (Å²) in [7, 11) is 1.41. The summed E-state index contributed by atoms with van der Waals surface area (Å²) >= 11 is 0. The fourth-order valence-electron chi connectivity index (χ4n) is 3.58. The minimum absolute atomic E-state index is 0.0502. The summed E-state index contributed by atoms with van der Waals surface area (Å²) in [6.45, 7) is 0.129. The first-order valence-electron chi connectivity index (χ1n) is 11.0. The number of imide groups is 2. The predicted molar refractivity (Wildman–Crippen MR) is 133 cm³/mol. The van der Waals surface area contributed by atoms with Crippen LogP contribution in [0, 0.1) is 10.1 Å². The minimum atomic E-state index is -1.03. The fourth-order valence-corrected chi connectivity index (χ4v) is 3.58. The largest absolute Gasteiger partial charge is 0.493 e. The van der Waals surface area contributed by atoms with Gasteiger partial charge in [-0.15, -0.1) is 0 Å². The quantitative estimate of drug-likeness (QED) is 0.197. The number of hydrogen-bond acceptors (Lipinski definition) is 8. The molecule has 2 N–H and O–H groups in total. The van der Waals surface area contributed by atoms with Crippen LogP contribution < -0.4 is 19.7 Å². The predicted octanol–water partition coefficient (Wildman–Crippen LogP) is 3.55. The van der Waals surface area contributed by atoms with Crippen LogP contribution in [-0.2, 0) is 16.2 Å². The first-order valence-corrected chi connectivity index (χ1v) is 11.0. The van der Waals surface area contributed by atoms with Crippen molar-refractivity contribution in [2.75, 3.05) is 12.0 Å². The van der Waals surface area contributed by atoms with Crippen molar-refractivity contribution in [2.24, 2.45) is 0 Å². The second-order valence-electron chi connectivity index (χ2n) is 7.93. The number of methoxy groups -OCH3 is 1. The number of carbonyl (C=O) groups is 4. The van der Waals surface area contributed by atoms with E-state index in [9.17, 15) is 29.3 Å². The first kappa shape index (κ1) is 25.6. The number of carbonyl (C=O) groups excluding carboxylic acids is 3. The SMILES string of the molecule is COc1cc(/C=C2\C(=O)NC(=O)N(c3ccc([N+](=O)[O-])cc3)C2=O)ccc1OCc1ccc(C(=O)O)cc1. The topological polar surface area (TPSA) is 165 Å². The van der Waals surface area contributed by atoms with Crippen LogP contribution >= 0.6 is 0 Å². The molecule has 0 aliphatic carbocycles. The number of nitro groups is 1. The number of ether oxygens (including phenoxy) is 2. The van der Waals surface area contributed by atoms with Gasteiger partial charge in [-0.05, 0) is 53.6 Å². The Morgan fingerprint density at radius 3 is 2.32 bits per heavy atom. The Morgan fingerprint density at radius 2 is 1.71 bits per heavy atom. The van der Waals surface area contributed by atoms with Gasteiger partial charge in [-0.25, -0.2) is 14.5 Å². The maximum Gasteiger partial charge on any atom is 0.335 e. The molecule has 0 bridgehead atoms. The molecule has 3 aromatic rings. The maximum absolute atomic E-state index is 13.1. The number of benzene rings is 3. The third-order valence-electron chi connectivity index (χ3n) is 5.51. The van der Waals surface area contributed by atoms with E-state index in [2.05, 4.69) is 5.32 Å². The molecule has 0 spiro atoms. The van der Waals surface area contributed by atoms with Gasteiger partial charge in [0, 0.05) is 12.1 Å². The third kappa shape index (κ3) is 5.33. The Hall–Kier alpha value is -5.52. The van der Waals surface area contributed by atoms with E-state index in [-0.39, 0.29) is 29.1 Å². The monoisotopic (exact) mass is 517 g/mol. The molecule has 0 saturated carbocycles. The molecule has 192 valence electrons. The number of barbiturate groups is 1. The van der Waals surface area contributed by atoms with Gasteiger partial charge < -0.3 is 14.6 Å². The van der Waals surface area contributed by atoms with Crippen LogP contribution in [0.15, 0.2) is 72.3 Å². The lowest BCUT2D eigenvalue weighted by molar-refractivity contribution is -0.384. The van der Waals surface area contributed by atoms with E-state index in [1.54, 1.807) is 24.3 Å². The Balaban J connectivity index is 1.55. The standard InChI is InChI=1S/C26H19N3O9/c1-37-22-13-16(4-11-21(22)38-14-15-2-5-17(6-3-15)25(32)33)12-20-23(30)27-26(34)28(24(20)31)18-7-9-19(10-8-18)29(35)36/h2-13H,14H2,1H3,(H,32,33)(H,27,30,34)/b20-12+. The van der Waals surface area contributed by atoms with Crippen molar-refractivity contribution in [3.8, 4) is 11.5 Å². The summed E-state index contributed by atoms with van der Waals surface area (Å²) < 4.78 is 11.1. The lowest BCUT2D eigenvalue weighted by atomic mass is 10.1. The number of amides is 4. The van der Waals surface area contributed by atoms with E-state index in [4.69, 9.17) is 14.6 Å². The molecule has 4 rings (SSSR count). The number of aromatic carboxylic acids is 1. The second kappa shape index (κ2) is 10.6. The van der Waals surface area contributed by atoms with Gasteiger partial charge in [-0.2, -0.15) is 0 Å². The molecule has 38 heavy (non-hydrogen) atoms. The summed E-state index contributed by atoms with van der Waals surface area (Å²) in [6, 6.07) is 14.6. The maximum atomic E-state index is 13.1. The van der Waals surface area contributed by atoms with Gasteiger partial charge in [0.25, 0.3) is 17.5 Å². The highest BCUT2D eigenvalue weighted by molar-refractivity contribution is 6.39. The molecule has 0 aromatic heterocycles. The highest BCUT2D eigenvalue weighted by Gasteiger charge is 2.37. The van der Waals surface area contributed by atoms with Gasteiger partial charge in [-0.1, -0.05) is 18.2 Å². The molecule has 1 fully saturated rings. The molecule has 0 unspecified atom stereocenters. The van der Waals surface area contributed by atoms with Crippen LogP contribution in [0.25, 0.3) is 6.08 Å². The number of carboxylic acids is 1. The molecule has 3 aromatic carbocycles.